The van der Waals surface area contributed by atoms with Gasteiger partial charge in [-0.2, -0.15) is 0 Å². The van der Waals surface area contributed by atoms with Crippen molar-refractivity contribution in [1.82, 2.24) is 0 Å². The molecule has 1 aromatic rings. The third-order valence-corrected chi connectivity index (χ3v) is 7.75. The predicted octanol–water partition coefficient (Wildman–Crippen LogP) is 2.17. The average Bonchev–Trinajstić information content (AvgIpc) is 2.79. The standard InChI is InChI=1S/C15H16OSe/c1-2-15-9-10-8-12(15)13(16-15)14(10)17-11-6-4-3-5-7-11/h2-7,10,12-14H,1,8-9H2/t10-,12-,13-,14-,15-/m0/s1. The van der Waals surface area contributed by atoms with Crippen molar-refractivity contribution < 1.29 is 4.74 Å². The molecular weight excluding hydrogens is 275 g/mol. The average molecular weight is 291 g/mol. The van der Waals surface area contributed by atoms with E-state index in [-0.39, 0.29) is 5.60 Å². The van der Waals surface area contributed by atoms with Crippen LogP contribution in [0.15, 0.2) is 43.0 Å². The molecule has 0 radical (unpaired) electrons. The van der Waals surface area contributed by atoms with Crippen LogP contribution in [0, 0.1) is 11.8 Å². The first kappa shape index (κ1) is 10.4. The Kier molecular flexibility index (Phi) is 2.12. The van der Waals surface area contributed by atoms with Gasteiger partial charge in [-0.3, -0.25) is 0 Å². The molecule has 17 heavy (non-hydrogen) atoms. The summed E-state index contributed by atoms with van der Waals surface area (Å²) in [6.07, 6.45) is 5.24. The van der Waals surface area contributed by atoms with Gasteiger partial charge in [-0.25, -0.2) is 0 Å². The number of hydrogen-bond donors (Lipinski definition) is 0. The second-order valence-electron chi connectivity index (χ2n) is 5.44. The van der Waals surface area contributed by atoms with Gasteiger partial charge in [0.2, 0.25) is 0 Å². The zero-order valence-corrected chi connectivity index (χ0v) is 11.4. The number of rotatable bonds is 3. The Morgan fingerprint density at radius 1 is 1.35 bits per heavy atom. The van der Waals surface area contributed by atoms with Crippen LogP contribution in [0.1, 0.15) is 12.8 Å². The number of ether oxygens (including phenoxy) is 1. The zero-order chi connectivity index (χ0) is 11.5. The summed E-state index contributed by atoms with van der Waals surface area (Å²) in [5, 5.41) is 0. The summed E-state index contributed by atoms with van der Waals surface area (Å²) in [6, 6.07) is 10.9. The van der Waals surface area contributed by atoms with Gasteiger partial charge in [0, 0.05) is 0 Å². The van der Waals surface area contributed by atoms with Gasteiger partial charge in [0.1, 0.15) is 0 Å². The summed E-state index contributed by atoms with van der Waals surface area (Å²) >= 11 is 0.582. The molecule has 2 saturated carbocycles. The van der Waals surface area contributed by atoms with Crippen LogP contribution < -0.4 is 4.46 Å². The SMILES string of the molecule is C=C[C@]12C[C@@H]3C[C@H]1[C@H](O2)[C@H]3[Se]c1ccccc1. The Balaban J connectivity index is 1.55. The van der Waals surface area contributed by atoms with Gasteiger partial charge in [0.15, 0.2) is 0 Å². The van der Waals surface area contributed by atoms with E-state index in [1.807, 2.05) is 0 Å². The number of fused-ring (bicyclic) bond motifs is 1. The normalized spacial score (nSPS) is 45.6. The maximum atomic E-state index is 6.15. The molecule has 0 spiro atoms. The second-order valence-corrected chi connectivity index (χ2v) is 8.07. The van der Waals surface area contributed by atoms with Crippen LogP contribution >= 0.6 is 0 Å². The summed E-state index contributed by atoms with van der Waals surface area (Å²) in [5.41, 5.74) is 0.0958. The van der Waals surface area contributed by atoms with Crippen LogP contribution in [-0.4, -0.2) is 26.7 Å². The van der Waals surface area contributed by atoms with Gasteiger partial charge < -0.3 is 0 Å². The second kappa shape index (κ2) is 3.47. The third-order valence-electron chi connectivity index (χ3n) is 4.67. The Morgan fingerprint density at radius 2 is 2.18 bits per heavy atom. The van der Waals surface area contributed by atoms with Crippen molar-refractivity contribution in [2.45, 2.75) is 29.4 Å². The van der Waals surface area contributed by atoms with E-state index < -0.39 is 0 Å². The Morgan fingerprint density at radius 3 is 2.82 bits per heavy atom. The fourth-order valence-corrected chi connectivity index (χ4v) is 6.85. The van der Waals surface area contributed by atoms with E-state index in [0.29, 0.717) is 21.1 Å². The van der Waals surface area contributed by atoms with Gasteiger partial charge in [0.25, 0.3) is 0 Å². The molecule has 1 heterocycles. The van der Waals surface area contributed by atoms with Crippen molar-refractivity contribution in [3.05, 3.63) is 43.0 Å². The van der Waals surface area contributed by atoms with Crippen LogP contribution in [-0.2, 0) is 4.74 Å². The molecule has 1 nitrogen and oxygen atoms in total. The van der Waals surface area contributed by atoms with Gasteiger partial charge in [-0.1, -0.05) is 0 Å². The quantitative estimate of drug-likeness (QED) is 0.612. The molecule has 1 aromatic carbocycles. The molecular formula is C15H16OSe. The Hall–Kier alpha value is -0.561. The molecule has 3 aliphatic rings. The molecule has 1 aliphatic heterocycles. The summed E-state index contributed by atoms with van der Waals surface area (Å²) in [5.74, 6) is 1.69. The summed E-state index contributed by atoms with van der Waals surface area (Å²) < 4.78 is 7.67. The van der Waals surface area contributed by atoms with E-state index in [1.54, 1.807) is 0 Å². The fourth-order valence-electron chi connectivity index (χ4n) is 3.90. The Labute approximate surface area is 108 Å². The van der Waals surface area contributed by atoms with Gasteiger partial charge in [-0.15, -0.1) is 0 Å². The van der Waals surface area contributed by atoms with Crippen LogP contribution in [0.4, 0.5) is 0 Å². The first-order valence-electron chi connectivity index (χ1n) is 6.35. The molecule has 1 saturated heterocycles. The molecule has 0 amide bonds. The summed E-state index contributed by atoms with van der Waals surface area (Å²) in [7, 11) is 0. The van der Waals surface area contributed by atoms with Crippen molar-refractivity contribution in [3.63, 3.8) is 0 Å². The van der Waals surface area contributed by atoms with Crippen molar-refractivity contribution in [2.75, 3.05) is 0 Å². The minimum atomic E-state index is 0.0958. The molecule has 0 unspecified atom stereocenters. The molecule has 88 valence electrons. The van der Waals surface area contributed by atoms with Gasteiger partial charge >= 0.3 is 108 Å². The van der Waals surface area contributed by atoms with Crippen molar-refractivity contribution in [2.24, 2.45) is 11.8 Å². The third kappa shape index (κ3) is 1.29. The first-order chi connectivity index (χ1) is 8.32. The van der Waals surface area contributed by atoms with E-state index in [4.69, 9.17) is 4.74 Å². The summed E-state index contributed by atoms with van der Waals surface area (Å²) in [6.45, 7) is 3.96. The van der Waals surface area contributed by atoms with E-state index in [2.05, 4.69) is 43.0 Å². The zero-order valence-electron chi connectivity index (χ0n) is 9.71. The van der Waals surface area contributed by atoms with Crippen LogP contribution in [0.5, 0.6) is 0 Å². The van der Waals surface area contributed by atoms with Gasteiger partial charge in [0.05, 0.1) is 0 Å². The van der Waals surface area contributed by atoms with Crippen LogP contribution in [0.25, 0.3) is 0 Å². The molecule has 5 atom stereocenters. The monoisotopic (exact) mass is 292 g/mol. The first-order valence-corrected chi connectivity index (χ1v) is 8.20. The minimum absolute atomic E-state index is 0.0958. The number of hydrogen-bond acceptors (Lipinski definition) is 1. The molecule has 2 aliphatic carbocycles. The molecule has 3 fully saturated rings. The molecule has 4 rings (SSSR count). The summed E-state index contributed by atoms with van der Waals surface area (Å²) in [4.78, 5) is 0.816. The van der Waals surface area contributed by atoms with Crippen LogP contribution in [0.2, 0.25) is 4.82 Å². The number of benzene rings is 1. The topological polar surface area (TPSA) is 9.23 Å². The Bertz CT molecular complexity index is 455. The molecule has 2 heteroatoms. The molecule has 0 aromatic heterocycles. The van der Waals surface area contributed by atoms with Crippen molar-refractivity contribution in [1.29, 1.82) is 0 Å². The molecule has 0 N–H and O–H groups in total. The van der Waals surface area contributed by atoms with Crippen molar-refractivity contribution in [3.8, 4) is 0 Å². The molecule has 2 bridgehead atoms. The van der Waals surface area contributed by atoms with Crippen molar-refractivity contribution >= 4 is 19.4 Å². The predicted molar refractivity (Wildman–Crippen MR) is 69.6 cm³/mol. The fraction of sp³-hybridized carbons (Fsp3) is 0.467. The van der Waals surface area contributed by atoms with Crippen LogP contribution in [0.3, 0.4) is 0 Å². The van der Waals surface area contributed by atoms with E-state index in [0.717, 1.165) is 16.7 Å². The van der Waals surface area contributed by atoms with E-state index >= 15 is 0 Å². The van der Waals surface area contributed by atoms with Gasteiger partial charge in [-0.05, 0) is 0 Å². The maximum absolute atomic E-state index is 6.15. The van der Waals surface area contributed by atoms with E-state index in [1.165, 1.54) is 17.3 Å². The van der Waals surface area contributed by atoms with E-state index in [9.17, 15) is 0 Å².